The van der Waals surface area contributed by atoms with Gasteiger partial charge in [-0.3, -0.25) is 9.59 Å². The normalized spacial score (nSPS) is 11.6. The van der Waals surface area contributed by atoms with Crippen molar-refractivity contribution in [1.29, 1.82) is 0 Å². The fourth-order valence-corrected chi connectivity index (χ4v) is 2.21. The Labute approximate surface area is 145 Å². The van der Waals surface area contributed by atoms with E-state index in [1.165, 1.54) is 0 Å². The summed E-state index contributed by atoms with van der Waals surface area (Å²) in [5, 5.41) is 26.3. The summed E-state index contributed by atoms with van der Waals surface area (Å²) in [6.45, 7) is -0.0780. The summed E-state index contributed by atoms with van der Waals surface area (Å²) < 4.78 is 0. The number of aliphatic hydroxyl groups excluding tert-OH is 1. The van der Waals surface area contributed by atoms with Gasteiger partial charge in [0.05, 0.1) is 13.0 Å². The van der Waals surface area contributed by atoms with Crippen LogP contribution in [-0.4, -0.2) is 41.3 Å². The Morgan fingerprint density at radius 2 is 1.52 bits per heavy atom. The van der Waals surface area contributed by atoms with Gasteiger partial charge in [0.1, 0.15) is 6.04 Å². The zero-order chi connectivity index (χ0) is 18.1. The molecule has 0 radical (unpaired) electrons. The van der Waals surface area contributed by atoms with E-state index in [9.17, 15) is 9.59 Å². The molecule has 0 bridgehead atoms. The second kappa shape index (κ2) is 9.41. The van der Waals surface area contributed by atoms with Crippen LogP contribution in [0, 0.1) is 0 Å². The zero-order valence-corrected chi connectivity index (χ0v) is 13.6. The molecule has 0 saturated heterocycles. The number of hydrogen-bond acceptors (Lipinski definition) is 5. The summed E-state index contributed by atoms with van der Waals surface area (Å²) in [6, 6.07) is 15.8. The molecular formula is C18H21N3O4. The molecule has 0 aliphatic rings. The van der Waals surface area contributed by atoms with Gasteiger partial charge in [-0.2, -0.15) is 0 Å². The molecule has 7 nitrogen and oxygen atoms in total. The second-order valence-corrected chi connectivity index (χ2v) is 5.39. The highest BCUT2D eigenvalue weighted by Crippen LogP contribution is 2.18. The molecule has 0 aliphatic heterocycles. The lowest BCUT2D eigenvalue weighted by atomic mass is 10.2. The molecule has 0 saturated carbocycles. The lowest BCUT2D eigenvalue weighted by Gasteiger charge is -2.14. The van der Waals surface area contributed by atoms with Crippen molar-refractivity contribution in [2.24, 2.45) is 0 Å². The van der Waals surface area contributed by atoms with Gasteiger partial charge in [0.15, 0.2) is 0 Å². The third-order valence-electron chi connectivity index (χ3n) is 3.42. The lowest BCUT2D eigenvalue weighted by Crippen LogP contribution is -2.41. The third kappa shape index (κ3) is 6.25. The van der Waals surface area contributed by atoms with Gasteiger partial charge in [-0.1, -0.05) is 18.2 Å². The lowest BCUT2D eigenvalue weighted by molar-refractivity contribution is -0.141. The Morgan fingerprint density at radius 3 is 2.12 bits per heavy atom. The van der Waals surface area contributed by atoms with E-state index in [1.54, 1.807) is 12.1 Å². The maximum atomic E-state index is 12.0. The van der Waals surface area contributed by atoms with E-state index >= 15 is 0 Å². The Bertz CT molecular complexity index is 689. The van der Waals surface area contributed by atoms with Crippen LogP contribution in [0.4, 0.5) is 17.1 Å². The minimum absolute atomic E-state index is 0.115. The predicted octanol–water partition coefficient (Wildman–Crippen LogP) is 1.79. The molecule has 2 rings (SSSR count). The summed E-state index contributed by atoms with van der Waals surface area (Å²) >= 11 is 0. The van der Waals surface area contributed by atoms with E-state index in [2.05, 4.69) is 16.0 Å². The van der Waals surface area contributed by atoms with Crippen molar-refractivity contribution in [3.05, 3.63) is 54.6 Å². The van der Waals surface area contributed by atoms with Crippen LogP contribution < -0.4 is 16.0 Å². The number of carbonyl (C=O) groups is 2. The van der Waals surface area contributed by atoms with Gasteiger partial charge in [-0.25, -0.2) is 0 Å². The quantitative estimate of drug-likeness (QED) is 0.475. The average molecular weight is 343 g/mol. The predicted molar refractivity (Wildman–Crippen MR) is 95.9 cm³/mol. The van der Waals surface area contributed by atoms with E-state index in [0.717, 1.165) is 11.4 Å². The fraction of sp³-hybridized carbons (Fsp3) is 0.222. The van der Waals surface area contributed by atoms with Crippen molar-refractivity contribution >= 4 is 28.9 Å². The number of rotatable bonds is 9. The molecule has 132 valence electrons. The maximum absolute atomic E-state index is 12.0. The van der Waals surface area contributed by atoms with Gasteiger partial charge in [0, 0.05) is 23.6 Å². The number of amides is 1. The SMILES string of the molecule is O=C(CC(NCCO)C(=O)O)Nc1ccc(Nc2ccccc2)cc1. The summed E-state index contributed by atoms with van der Waals surface area (Å²) in [6.07, 6.45) is -0.223. The molecular weight excluding hydrogens is 322 g/mol. The topological polar surface area (TPSA) is 111 Å². The number of anilines is 3. The van der Waals surface area contributed by atoms with Crippen molar-refractivity contribution in [1.82, 2.24) is 5.32 Å². The van der Waals surface area contributed by atoms with E-state index < -0.39 is 17.9 Å². The first-order chi connectivity index (χ1) is 12.1. The monoisotopic (exact) mass is 343 g/mol. The number of hydrogen-bond donors (Lipinski definition) is 5. The molecule has 2 aromatic rings. The van der Waals surface area contributed by atoms with E-state index in [4.69, 9.17) is 10.2 Å². The maximum Gasteiger partial charge on any atom is 0.321 e. The molecule has 25 heavy (non-hydrogen) atoms. The molecule has 0 aliphatic carbocycles. The van der Waals surface area contributed by atoms with Crippen LogP contribution in [-0.2, 0) is 9.59 Å². The van der Waals surface area contributed by atoms with Crippen molar-refractivity contribution in [2.45, 2.75) is 12.5 Å². The molecule has 5 N–H and O–H groups in total. The van der Waals surface area contributed by atoms with Crippen molar-refractivity contribution in [3.8, 4) is 0 Å². The standard InChI is InChI=1S/C18H21N3O4/c22-11-10-19-16(18(24)25)12-17(23)21-15-8-6-14(7-9-15)20-13-4-2-1-3-5-13/h1-9,16,19-20,22H,10-12H2,(H,21,23)(H,24,25). The minimum atomic E-state index is -1.13. The second-order valence-electron chi connectivity index (χ2n) is 5.39. The summed E-state index contributed by atoms with van der Waals surface area (Å²) in [5.41, 5.74) is 2.41. The highest BCUT2D eigenvalue weighted by molar-refractivity contribution is 5.94. The molecule has 7 heteroatoms. The first-order valence-corrected chi connectivity index (χ1v) is 7.87. The smallest absolute Gasteiger partial charge is 0.321 e. The first kappa shape index (κ1) is 18.4. The largest absolute Gasteiger partial charge is 0.480 e. The van der Waals surface area contributed by atoms with E-state index in [0.29, 0.717) is 5.69 Å². The Hall–Kier alpha value is -2.90. The zero-order valence-electron chi connectivity index (χ0n) is 13.6. The van der Waals surface area contributed by atoms with Crippen LogP contribution in [0.15, 0.2) is 54.6 Å². The Morgan fingerprint density at radius 1 is 0.920 bits per heavy atom. The average Bonchev–Trinajstić information content (AvgIpc) is 2.61. The molecule has 1 unspecified atom stereocenters. The third-order valence-corrected chi connectivity index (χ3v) is 3.42. The fourth-order valence-electron chi connectivity index (χ4n) is 2.21. The molecule has 1 amide bonds. The summed E-state index contributed by atoms with van der Waals surface area (Å²) in [5.74, 6) is -1.55. The van der Waals surface area contributed by atoms with Crippen LogP contribution in [0.3, 0.4) is 0 Å². The van der Waals surface area contributed by atoms with Crippen LogP contribution in [0.2, 0.25) is 0 Å². The molecule has 2 aromatic carbocycles. The van der Waals surface area contributed by atoms with Crippen LogP contribution in [0.25, 0.3) is 0 Å². The highest BCUT2D eigenvalue weighted by atomic mass is 16.4. The Balaban J connectivity index is 1.89. The van der Waals surface area contributed by atoms with Crippen LogP contribution >= 0.6 is 0 Å². The minimum Gasteiger partial charge on any atom is -0.480 e. The number of para-hydroxylation sites is 1. The highest BCUT2D eigenvalue weighted by Gasteiger charge is 2.20. The molecule has 1 atom stereocenters. The number of aliphatic hydroxyl groups is 1. The number of benzene rings is 2. The van der Waals surface area contributed by atoms with Gasteiger partial charge in [-0.15, -0.1) is 0 Å². The van der Waals surface area contributed by atoms with Crippen molar-refractivity contribution in [3.63, 3.8) is 0 Å². The van der Waals surface area contributed by atoms with E-state index in [-0.39, 0.29) is 19.6 Å². The van der Waals surface area contributed by atoms with Gasteiger partial charge in [0.25, 0.3) is 0 Å². The number of aliphatic carboxylic acids is 1. The molecule has 0 fully saturated rings. The number of nitrogens with one attached hydrogen (secondary N) is 3. The molecule has 0 aromatic heterocycles. The number of carboxylic acid groups (broad SMARTS) is 1. The van der Waals surface area contributed by atoms with Gasteiger partial charge >= 0.3 is 5.97 Å². The number of carbonyl (C=O) groups excluding carboxylic acids is 1. The Kier molecular flexibility index (Phi) is 6.94. The number of carboxylic acids is 1. The van der Waals surface area contributed by atoms with Crippen molar-refractivity contribution in [2.75, 3.05) is 23.8 Å². The summed E-state index contributed by atoms with van der Waals surface area (Å²) in [4.78, 5) is 23.1. The first-order valence-electron chi connectivity index (χ1n) is 7.87. The molecule has 0 heterocycles. The van der Waals surface area contributed by atoms with Gasteiger partial charge < -0.3 is 26.2 Å². The molecule has 0 spiro atoms. The summed E-state index contributed by atoms with van der Waals surface area (Å²) in [7, 11) is 0. The van der Waals surface area contributed by atoms with Gasteiger partial charge in [-0.05, 0) is 36.4 Å². The van der Waals surface area contributed by atoms with E-state index in [1.807, 2.05) is 42.5 Å². The van der Waals surface area contributed by atoms with Gasteiger partial charge in [0.2, 0.25) is 5.91 Å². The van der Waals surface area contributed by atoms with Crippen LogP contribution in [0.5, 0.6) is 0 Å². The van der Waals surface area contributed by atoms with Crippen molar-refractivity contribution < 1.29 is 19.8 Å². The van der Waals surface area contributed by atoms with Crippen LogP contribution in [0.1, 0.15) is 6.42 Å².